The first-order valence-corrected chi connectivity index (χ1v) is 10.4. The van der Waals surface area contributed by atoms with Crippen molar-refractivity contribution in [2.24, 2.45) is 7.05 Å². The van der Waals surface area contributed by atoms with Gasteiger partial charge in [0.05, 0.1) is 24.0 Å². The van der Waals surface area contributed by atoms with Crippen molar-refractivity contribution in [1.82, 2.24) is 24.3 Å². The standard InChI is InChI=1S/C24H18F3N5O2/c1-3-34-21-9-5-15-11-18(14-4-7-19-16(10-14)13-31(2)30-19)23(33)32(22(15)29-21)17-6-8-20(28-12-17)24(25,26)27/h4-13H,3H2,1-2H3. The molecule has 1 aromatic carbocycles. The fraction of sp³-hybridized carbons (Fsp3) is 0.167. The van der Waals surface area contributed by atoms with Gasteiger partial charge in [0.1, 0.15) is 5.69 Å². The fourth-order valence-electron chi connectivity index (χ4n) is 3.84. The van der Waals surface area contributed by atoms with Crippen molar-refractivity contribution in [1.29, 1.82) is 0 Å². The topological polar surface area (TPSA) is 74.8 Å². The number of nitrogens with zero attached hydrogens (tertiary/aromatic N) is 5. The van der Waals surface area contributed by atoms with Crippen LogP contribution < -0.4 is 10.3 Å². The molecule has 0 saturated carbocycles. The smallest absolute Gasteiger partial charge is 0.433 e. The molecule has 0 radical (unpaired) electrons. The van der Waals surface area contributed by atoms with E-state index < -0.39 is 17.4 Å². The average Bonchev–Trinajstić information content (AvgIpc) is 3.17. The van der Waals surface area contributed by atoms with Crippen LogP contribution in [0.5, 0.6) is 5.88 Å². The number of aromatic nitrogens is 5. The second kappa shape index (κ2) is 7.98. The van der Waals surface area contributed by atoms with Crippen LogP contribution >= 0.6 is 0 Å². The summed E-state index contributed by atoms with van der Waals surface area (Å²) in [5.41, 5.74) is 0.715. The molecule has 0 fully saturated rings. The third-order valence-electron chi connectivity index (χ3n) is 5.34. The first-order chi connectivity index (χ1) is 16.2. The highest BCUT2D eigenvalue weighted by molar-refractivity contribution is 5.88. The van der Waals surface area contributed by atoms with Gasteiger partial charge in [0.25, 0.3) is 5.56 Å². The Balaban J connectivity index is 1.77. The van der Waals surface area contributed by atoms with Crippen LogP contribution in [0.15, 0.2) is 65.7 Å². The van der Waals surface area contributed by atoms with Crippen LogP contribution in [0.3, 0.4) is 0 Å². The lowest BCUT2D eigenvalue weighted by atomic mass is 10.0. The van der Waals surface area contributed by atoms with Crippen LogP contribution in [0, 0.1) is 0 Å². The second-order valence-electron chi connectivity index (χ2n) is 7.67. The summed E-state index contributed by atoms with van der Waals surface area (Å²) in [6.07, 6.45) is -1.73. The van der Waals surface area contributed by atoms with Gasteiger partial charge < -0.3 is 4.74 Å². The van der Waals surface area contributed by atoms with Gasteiger partial charge in [-0.2, -0.15) is 23.3 Å². The Morgan fingerprint density at radius 1 is 1.03 bits per heavy atom. The molecule has 0 unspecified atom stereocenters. The minimum absolute atomic E-state index is 0.161. The van der Waals surface area contributed by atoms with Crippen molar-refractivity contribution < 1.29 is 17.9 Å². The van der Waals surface area contributed by atoms with E-state index in [-0.39, 0.29) is 11.3 Å². The highest BCUT2D eigenvalue weighted by atomic mass is 19.4. The molecule has 0 spiro atoms. The first kappa shape index (κ1) is 21.6. The van der Waals surface area contributed by atoms with Gasteiger partial charge in [-0.25, -0.2) is 4.98 Å². The van der Waals surface area contributed by atoms with E-state index in [2.05, 4.69) is 15.1 Å². The van der Waals surface area contributed by atoms with E-state index in [0.29, 0.717) is 29.0 Å². The molecule has 0 N–H and O–H groups in total. The number of aryl methyl sites for hydroxylation is 1. The first-order valence-electron chi connectivity index (χ1n) is 10.4. The van der Waals surface area contributed by atoms with Gasteiger partial charge in [-0.05, 0) is 48.9 Å². The van der Waals surface area contributed by atoms with Crippen molar-refractivity contribution in [3.63, 3.8) is 0 Å². The van der Waals surface area contributed by atoms with Crippen LogP contribution in [0.2, 0.25) is 0 Å². The molecule has 4 aromatic heterocycles. The summed E-state index contributed by atoms with van der Waals surface area (Å²) in [4.78, 5) is 21.7. The van der Waals surface area contributed by atoms with E-state index in [0.717, 1.165) is 23.2 Å². The van der Waals surface area contributed by atoms with Crippen LogP contribution in [-0.2, 0) is 13.2 Å². The Morgan fingerprint density at radius 3 is 2.56 bits per heavy atom. The molecule has 34 heavy (non-hydrogen) atoms. The van der Waals surface area contributed by atoms with E-state index in [1.165, 1.54) is 10.6 Å². The predicted octanol–water partition coefficient (Wildman–Crippen LogP) is 4.75. The molecule has 0 atom stereocenters. The highest BCUT2D eigenvalue weighted by Gasteiger charge is 2.32. The number of rotatable bonds is 4. The van der Waals surface area contributed by atoms with Gasteiger partial charge in [-0.1, -0.05) is 6.07 Å². The minimum atomic E-state index is -4.59. The summed E-state index contributed by atoms with van der Waals surface area (Å²) in [6.45, 7) is 2.17. The Hall–Kier alpha value is -4.21. The average molecular weight is 465 g/mol. The summed E-state index contributed by atoms with van der Waals surface area (Å²) < 4.78 is 47.5. The van der Waals surface area contributed by atoms with Gasteiger partial charge in [0.15, 0.2) is 5.65 Å². The van der Waals surface area contributed by atoms with Crippen molar-refractivity contribution >= 4 is 21.9 Å². The molecule has 172 valence electrons. The van der Waals surface area contributed by atoms with Crippen molar-refractivity contribution in [2.75, 3.05) is 6.61 Å². The van der Waals surface area contributed by atoms with Crippen molar-refractivity contribution in [2.45, 2.75) is 13.1 Å². The summed E-state index contributed by atoms with van der Waals surface area (Å²) in [5.74, 6) is 0.299. The van der Waals surface area contributed by atoms with E-state index in [1.54, 1.807) is 35.9 Å². The maximum Gasteiger partial charge on any atom is 0.433 e. The molecule has 0 aliphatic carbocycles. The number of halogens is 3. The highest BCUT2D eigenvalue weighted by Crippen LogP contribution is 2.29. The molecule has 0 aliphatic rings. The molecule has 4 heterocycles. The van der Waals surface area contributed by atoms with Crippen LogP contribution in [-0.4, -0.2) is 30.9 Å². The lowest BCUT2D eigenvalue weighted by Crippen LogP contribution is -2.22. The number of pyridine rings is 3. The Morgan fingerprint density at radius 2 is 1.85 bits per heavy atom. The Kier molecular flexibility index (Phi) is 5.07. The molecule has 5 rings (SSSR count). The third-order valence-corrected chi connectivity index (χ3v) is 5.34. The van der Waals surface area contributed by atoms with Gasteiger partial charge in [-0.3, -0.25) is 14.0 Å². The van der Waals surface area contributed by atoms with Crippen LogP contribution in [0.1, 0.15) is 12.6 Å². The quantitative estimate of drug-likeness (QED) is 0.383. The fourth-order valence-corrected chi connectivity index (χ4v) is 3.84. The van der Waals surface area contributed by atoms with Gasteiger partial charge in [0.2, 0.25) is 5.88 Å². The molecule has 0 saturated heterocycles. The Bertz CT molecular complexity index is 1590. The molecule has 5 aromatic rings. The summed E-state index contributed by atoms with van der Waals surface area (Å²) in [7, 11) is 1.81. The lowest BCUT2D eigenvalue weighted by Gasteiger charge is -2.14. The third kappa shape index (κ3) is 3.76. The monoisotopic (exact) mass is 465 g/mol. The summed E-state index contributed by atoms with van der Waals surface area (Å²) >= 11 is 0. The molecule has 7 nitrogen and oxygen atoms in total. The maximum atomic E-state index is 13.7. The van der Waals surface area contributed by atoms with Crippen LogP contribution in [0.4, 0.5) is 13.2 Å². The Labute approximate surface area is 191 Å². The zero-order chi connectivity index (χ0) is 24.0. The zero-order valence-electron chi connectivity index (χ0n) is 18.2. The second-order valence-corrected chi connectivity index (χ2v) is 7.67. The number of ether oxygens (including phenoxy) is 1. The molecular formula is C24H18F3N5O2. The molecule has 10 heteroatoms. The summed E-state index contributed by atoms with van der Waals surface area (Å²) in [6, 6.07) is 12.7. The predicted molar refractivity (Wildman–Crippen MR) is 121 cm³/mol. The van der Waals surface area contributed by atoms with E-state index in [9.17, 15) is 18.0 Å². The van der Waals surface area contributed by atoms with E-state index in [1.807, 2.05) is 25.4 Å². The number of alkyl halides is 3. The molecule has 0 bridgehead atoms. The van der Waals surface area contributed by atoms with Crippen molar-refractivity contribution in [3.05, 3.63) is 77.0 Å². The molecular weight excluding hydrogens is 447 g/mol. The number of benzene rings is 1. The van der Waals surface area contributed by atoms with Crippen LogP contribution in [0.25, 0.3) is 38.8 Å². The number of fused-ring (bicyclic) bond motifs is 2. The summed E-state index contributed by atoms with van der Waals surface area (Å²) in [5, 5.41) is 5.82. The van der Waals surface area contributed by atoms with E-state index in [4.69, 9.17) is 4.74 Å². The van der Waals surface area contributed by atoms with Gasteiger partial charge >= 0.3 is 6.18 Å². The zero-order valence-corrected chi connectivity index (χ0v) is 18.2. The van der Waals surface area contributed by atoms with Crippen molar-refractivity contribution in [3.8, 4) is 22.7 Å². The van der Waals surface area contributed by atoms with Gasteiger partial charge in [0, 0.05) is 35.6 Å². The van der Waals surface area contributed by atoms with E-state index >= 15 is 0 Å². The normalized spacial score (nSPS) is 11.9. The largest absolute Gasteiger partial charge is 0.478 e. The number of hydrogen-bond acceptors (Lipinski definition) is 5. The molecule has 0 amide bonds. The van der Waals surface area contributed by atoms with Gasteiger partial charge in [-0.15, -0.1) is 0 Å². The SMILES string of the molecule is CCOc1ccc2cc(-c3ccc4nn(C)cc4c3)c(=O)n(-c3ccc(C(F)(F)F)nc3)c2n1. The molecule has 0 aliphatic heterocycles. The minimum Gasteiger partial charge on any atom is -0.478 e. The number of hydrogen-bond donors (Lipinski definition) is 0. The maximum absolute atomic E-state index is 13.7. The lowest BCUT2D eigenvalue weighted by molar-refractivity contribution is -0.141.